The summed E-state index contributed by atoms with van der Waals surface area (Å²) >= 11 is 1.85. The highest BCUT2D eigenvalue weighted by molar-refractivity contribution is 8.00. The Bertz CT molecular complexity index is 3670. The van der Waals surface area contributed by atoms with Gasteiger partial charge in [0.25, 0.3) is 0 Å². The Kier molecular flexibility index (Phi) is 6.60. The fraction of sp³-hybridized carbons (Fsp3) is 0. The molecule has 0 bridgehead atoms. The first-order valence-corrected chi connectivity index (χ1v) is 20.3. The maximum absolute atomic E-state index is 6.55. The number of furan rings is 1. The summed E-state index contributed by atoms with van der Waals surface area (Å²) < 4.78 is 11.5. The summed E-state index contributed by atoms with van der Waals surface area (Å²) in [6.45, 7) is 0. The van der Waals surface area contributed by atoms with E-state index in [0.29, 0.717) is 11.4 Å². The number of rotatable bonds is 4. The topological polar surface area (TPSA) is 48.8 Å². The van der Waals surface area contributed by atoms with Crippen LogP contribution in [0, 0.1) is 0 Å². The van der Waals surface area contributed by atoms with E-state index in [2.05, 4.69) is 173 Å². The van der Waals surface area contributed by atoms with Crippen molar-refractivity contribution in [2.24, 2.45) is 0 Å². The van der Waals surface area contributed by atoms with Gasteiger partial charge in [0.1, 0.15) is 22.4 Å². The van der Waals surface area contributed by atoms with Crippen molar-refractivity contribution in [3.63, 3.8) is 0 Å². The lowest BCUT2D eigenvalue weighted by molar-refractivity contribution is 0.667. The van der Waals surface area contributed by atoms with E-state index in [1.54, 1.807) is 0 Å². The maximum Gasteiger partial charge on any atom is 0.180 e. The Morgan fingerprint density at radius 3 is 2.16 bits per heavy atom. The van der Waals surface area contributed by atoms with Crippen LogP contribution in [0.4, 0.5) is 0 Å². The van der Waals surface area contributed by atoms with Gasteiger partial charge in [0.2, 0.25) is 0 Å². The molecule has 0 fully saturated rings. The molecule has 0 aliphatic carbocycles. The molecule has 0 amide bonds. The van der Waals surface area contributed by atoms with Gasteiger partial charge >= 0.3 is 0 Å². The zero-order valence-electron chi connectivity index (χ0n) is 30.9. The van der Waals surface area contributed by atoms with Crippen LogP contribution in [-0.4, -0.2) is 19.1 Å². The third kappa shape index (κ3) is 4.43. The van der Waals surface area contributed by atoms with E-state index < -0.39 is 0 Å². The first kappa shape index (κ1) is 31.8. The summed E-state index contributed by atoms with van der Waals surface area (Å²) in [6, 6.07) is 64.6. The molecule has 0 atom stereocenters. The molecule has 5 heterocycles. The number of fused-ring (bicyclic) bond motifs is 11. The standard InChI is InChI=1S/C52H30N4OS/c1-2-16-34(17-3-1)55-41-24-10-8-20-38(41)45-40-23-13-27-44-48(40)56(52(45)55)42-25-12-22-36(50(42)58-44)35-18-6-7-19-37(35)51-53-46(33-29-28-31-14-4-5-15-32(31)30-33)49-47(54-51)39-21-9-11-26-43(39)57-49/h1-30H. The number of aromatic nitrogens is 4. The van der Waals surface area contributed by atoms with Gasteiger partial charge in [-0.3, -0.25) is 9.13 Å². The zero-order chi connectivity index (χ0) is 37.9. The summed E-state index contributed by atoms with van der Waals surface area (Å²) in [5.41, 5.74) is 13.1. The van der Waals surface area contributed by atoms with Crippen LogP contribution in [0.25, 0.3) is 111 Å². The molecule has 0 unspecified atom stereocenters. The van der Waals surface area contributed by atoms with Crippen molar-refractivity contribution < 1.29 is 4.42 Å². The predicted molar refractivity (Wildman–Crippen MR) is 238 cm³/mol. The molecule has 0 radical (unpaired) electrons. The van der Waals surface area contributed by atoms with Gasteiger partial charge in [-0.15, -0.1) is 0 Å². The van der Waals surface area contributed by atoms with Crippen molar-refractivity contribution in [3.05, 3.63) is 182 Å². The summed E-state index contributed by atoms with van der Waals surface area (Å²) in [5, 5.41) is 7.08. The van der Waals surface area contributed by atoms with Crippen molar-refractivity contribution in [3.8, 4) is 45.1 Å². The number of benzene rings is 8. The molecule has 0 saturated carbocycles. The molecule has 1 aliphatic heterocycles. The van der Waals surface area contributed by atoms with E-state index in [1.807, 2.05) is 30.0 Å². The number of nitrogens with zero attached hydrogens (tertiary/aromatic N) is 4. The van der Waals surface area contributed by atoms with Crippen LogP contribution in [0.5, 0.6) is 0 Å². The smallest absolute Gasteiger partial charge is 0.180 e. The highest BCUT2D eigenvalue weighted by Crippen LogP contribution is 2.52. The van der Waals surface area contributed by atoms with Crippen LogP contribution in [0.15, 0.2) is 196 Å². The van der Waals surface area contributed by atoms with Crippen LogP contribution in [0.3, 0.4) is 0 Å². The van der Waals surface area contributed by atoms with Crippen LogP contribution in [0.1, 0.15) is 0 Å². The minimum Gasteiger partial charge on any atom is -0.452 e. The second kappa shape index (κ2) is 12.0. The molecule has 13 rings (SSSR count). The molecule has 4 aromatic heterocycles. The molecular weight excluding hydrogens is 729 g/mol. The molecule has 12 aromatic rings. The lowest BCUT2D eigenvalue weighted by Crippen LogP contribution is -2.06. The quantitative estimate of drug-likeness (QED) is 0.179. The molecule has 0 spiro atoms. The van der Waals surface area contributed by atoms with Crippen LogP contribution < -0.4 is 0 Å². The van der Waals surface area contributed by atoms with Gasteiger partial charge in [-0.25, -0.2) is 9.97 Å². The SMILES string of the molecule is c1ccc(-n2c3ccccc3c3c4cccc5c4n(c32)-c2cccc(-c3ccccc3-c3nc(-c4ccc6ccccc6c4)c4oc6ccccc6c4n3)c2S5)cc1. The second-order valence-corrected chi connectivity index (χ2v) is 16.0. The Morgan fingerprint density at radius 2 is 1.24 bits per heavy atom. The highest BCUT2D eigenvalue weighted by atomic mass is 32.2. The predicted octanol–water partition coefficient (Wildman–Crippen LogP) is 14.0. The Morgan fingerprint density at radius 1 is 0.517 bits per heavy atom. The zero-order valence-corrected chi connectivity index (χ0v) is 31.7. The van der Waals surface area contributed by atoms with Gasteiger partial charge in [0, 0.05) is 48.2 Å². The lowest BCUT2D eigenvalue weighted by atomic mass is 9.97. The Hall–Kier alpha value is -7.41. The second-order valence-electron chi connectivity index (χ2n) is 14.9. The van der Waals surface area contributed by atoms with Crippen LogP contribution in [0.2, 0.25) is 0 Å². The Labute approximate surface area is 336 Å². The lowest BCUT2D eigenvalue weighted by Gasteiger charge is -2.24. The van der Waals surface area contributed by atoms with E-state index in [9.17, 15) is 0 Å². The van der Waals surface area contributed by atoms with E-state index in [0.717, 1.165) is 61.2 Å². The van der Waals surface area contributed by atoms with E-state index >= 15 is 0 Å². The van der Waals surface area contributed by atoms with E-state index in [4.69, 9.17) is 14.4 Å². The van der Waals surface area contributed by atoms with Crippen molar-refractivity contribution in [2.75, 3.05) is 0 Å². The van der Waals surface area contributed by atoms with Gasteiger partial charge in [-0.2, -0.15) is 0 Å². The molecule has 6 heteroatoms. The van der Waals surface area contributed by atoms with E-state index in [-0.39, 0.29) is 0 Å². The van der Waals surface area contributed by atoms with Crippen molar-refractivity contribution >= 4 is 77.4 Å². The molecular formula is C52H30N4OS. The first-order chi connectivity index (χ1) is 28.8. The van der Waals surface area contributed by atoms with E-state index in [1.165, 1.54) is 48.0 Å². The molecule has 0 N–H and O–H groups in total. The summed E-state index contributed by atoms with van der Waals surface area (Å²) in [5.74, 6) is 0.659. The van der Waals surface area contributed by atoms with Gasteiger partial charge < -0.3 is 4.42 Å². The molecule has 1 aliphatic rings. The fourth-order valence-electron chi connectivity index (χ4n) is 9.21. The third-order valence-corrected chi connectivity index (χ3v) is 12.9. The highest BCUT2D eigenvalue weighted by Gasteiger charge is 2.30. The van der Waals surface area contributed by atoms with Gasteiger partial charge in [-0.1, -0.05) is 145 Å². The van der Waals surface area contributed by atoms with Crippen LogP contribution in [-0.2, 0) is 0 Å². The number of para-hydroxylation sites is 4. The monoisotopic (exact) mass is 758 g/mol. The van der Waals surface area contributed by atoms with Crippen molar-refractivity contribution in [1.82, 2.24) is 19.1 Å². The third-order valence-electron chi connectivity index (χ3n) is 11.7. The van der Waals surface area contributed by atoms with Crippen molar-refractivity contribution in [2.45, 2.75) is 9.79 Å². The minimum atomic E-state index is 0.659. The van der Waals surface area contributed by atoms with Crippen LogP contribution >= 0.6 is 11.8 Å². The summed E-state index contributed by atoms with van der Waals surface area (Å²) in [6.07, 6.45) is 0. The van der Waals surface area contributed by atoms with Gasteiger partial charge in [-0.05, 0) is 70.4 Å². The van der Waals surface area contributed by atoms with Gasteiger partial charge in [0.05, 0.1) is 16.7 Å². The first-order valence-electron chi connectivity index (χ1n) is 19.5. The summed E-state index contributed by atoms with van der Waals surface area (Å²) in [7, 11) is 0. The molecule has 5 nitrogen and oxygen atoms in total. The average molecular weight is 759 g/mol. The molecule has 8 aromatic carbocycles. The average Bonchev–Trinajstić information content (AvgIpc) is 3.95. The van der Waals surface area contributed by atoms with Crippen molar-refractivity contribution in [1.29, 1.82) is 0 Å². The number of hydrogen-bond donors (Lipinski definition) is 0. The fourth-order valence-corrected chi connectivity index (χ4v) is 10.4. The number of hydrogen-bond acceptors (Lipinski definition) is 4. The summed E-state index contributed by atoms with van der Waals surface area (Å²) in [4.78, 5) is 13.1. The Balaban J connectivity index is 1.07. The molecule has 58 heavy (non-hydrogen) atoms. The maximum atomic E-state index is 6.55. The normalized spacial score (nSPS) is 12.4. The van der Waals surface area contributed by atoms with Gasteiger partial charge in [0.15, 0.2) is 11.4 Å². The minimum absolute atomic E-state index is 0.659. The largest absolute Gasteiger partial charge is 0.452 e. The molecule has 270 valence electrons. The molecule has 0 saturated heterocycles.